The van der Waals surface area contributed by atoms with Crippen LogP contribution >= 0.6 is 0 Å². The Morgan fingerprint density at radius 2 is 0.652 bits per heavy atom. The van der Waals surface area contributed by atoms with Gasteiger partial charge in [-0.15, -0.1) is 0 Å². The quantitative estimate of drug-likeness (QED) is 0.170. The first-order chi connectivity index (χ1) is 32.7. The highest BCUT2D eigenvalue weighted by Gasteiger charge is 2.21. The van der Waals surface area contributed by atoms with E-state index in [2.05, 4.69) is 238 Å². The van der Waals surface area contributed by atoms with Crippen LogP contribution in [0.4, 0.5) is 0 Å². The topological polar surface area (TPSA) is 27.9 Å². The molecule has 4 aromatic heterocycles. The van der Waals surface area contributed by atoms with Crippen LogP contribution in [0.2, 0.25) is 0 Å². The van der Waals surface area contributed by atoms with E-state index in [9.17, 15) is 0 Å². The average Bonchev–Trinajstić information content (AvgIpc) is 4.13. The number of aromatic nitrogens is 3. The first kappa shape index (κ1) is 37.9. The van der Waals surface area contributed by atoms with E-state index in [1.165, 1.54) is 71.0 Å². The van der Waals surface area contributed by atoms with Gasteiger partial charge in [-0.05, 0) is 114 Å². The van der Waals surface area contributed by atoms with E-state index in [1.807, 2.05) is 13.8 Å². The van der Waals surface area contributed by atoms with Gasteiger partial charge in [-0.1, -0.05) is 141 Å². The lowest BCUT2D eigenvalue weighted by Crippen LogP contribution is -1.95. The molecule has 4 nitrogen and oxygen atoms in total. The first-order valence-corrected chi connectivity index (χ1v) is 22.9. The fourth-order valence-electron chi connectivity index (χ4n) is 10.6. The molecular formula is C62H43N3O. The molecule has 4 heterocycles. The molecule has 0 atom stereocenters. The number of rotatable bonds is 5. The highest BCUT2D eigenvalue weighted by Crippen LogP contribution is 2.44. The Morgan fingerprint density at radius 1 is 0.273 bits per heavy atom. The van der Waals surface area contributed by atoms with Gasteiger partial charge in [-0.2, -0.15) is 0 Å². The zero-order valence-corrected chi connectivity index (χ0v) is 36.6. The van der Waals surface area contributed by atoms with Crippen LogP contribution < -0.4 is 0 Å². The van der Waals surface area contributed by atoms with E-state index in [0.29, 0.717) is 0 Å². The second kappa shape index (κ2) is 15.0. The van der Waals surface area contributed by atoms with E-state index < -0.39 is 0 Å². The van der Waals surface area contributed by atoms with Crippen molar-refractivity contribution >= 4 is 87.4 Å². The van der Waals surface area contributed by atoms with Crippen molar-refractivity contribution in [1.29, 1.82) is 0 Å². The van der Waals surface area contributed by atoms with Crippen LogP contribution in [0.3, 0.4) is 0 Å². The SMILES string of the molecule is CC.c1ccc(-n2c3ccccc3c3cc(-c4ccc5oc6c(-c7ccc8c(c7)c7ccccc7n8-c7ccccc7)cc(-n7c8ccccc8c8ccccc87)cc6c5c4)ccc32)cc1. The van der Waals surface area contributed by atoms with Crippen molar-refractivity contribution in [1.82, 2.24) is 13.7 Å². The van der Waals surface area contributed by atoms with E-state index >= 15 is 0 Å². The van der Waals surface area contributed by atoms with E-state index in [1.54, 1.807) is 0 Å². The summed E-state index contributed by atoms with van der Waals surface area (Å²) in [5, 5.41) is 9.53. The van der Waals surface area contributed by atoms with E-state index in [-0.39, 0.29) is 0 Å². The molecule has 14 rings (SSSR count). The third-order valence-electron chi connectivity index (χ3n) is 13.4. The van der Waals surface area contributed by atoms with Crippen LogP contribution in [0, 0.1) is 0 Å². The summed E-state index contributed by atoms with van der Waals surface area (Å²) < 4.78 is 14.2. The molecule has 0 saturated carbocycles. The van der Waals surface area contributed by atoms with Gasteiger partial charge in [0.2, 0.25) is 0 Å². The van der Waals surface area contributed by atoms with Crippen molar-refractivity contribution in [2.45, 2.75) is 13.8 Å². The summed E-state index contributed by atoms with van der Waals surface area (Å²) in [5.74, 6) is 0. The molecule has 0 saturated heterocycles. The number of fused-ring (bicyclic) bond motifs is 12. The maximum atomic E-state index is 7.01. The second-order valence-corrected chi connectivity index (χ2v) is 16.9. The van der Waals surface area contributed by atoms with Gasteiger partial charge >= 0.3 is 0 Å². The molecule has 66 heavy (non-hydrogen) atoms. The Hall–Kier alpha value is -8.60. The van der Waals surface area contributed by atoms with Gasteiger partial charge in [0.25, 0.3) is 0 Å². The molecule has 0 amide bonds. The normalized spacial score (nSPS) is 11.8. The number of para-hydroxylation sites is 6. The van der Waals surface area contributed by atoms with Crippen molar-refractivity contribution in [3.8, 4) is 39.3 Å². The fraction of sp³-hybridized carbons (Fsp3) is 0.0323. The molecule has 0 bridgehead atoms. The van der Waals surface area contributed by atoms with Crippen molar-refractivity contribution in [2.75, 3.05) is 0 Å². The number of hydrogen-bond donors (Lipinski definition) is 0. The molecule has 0 spiro atoms. The minimum absolute atomic E-state index is 0.864. The lowest BCUT2D eigenvalue weighted by molar-refractivity contribution is 0.670. The van der Waals surface area contributed by atoms with Crippen molar-refractivity contribution < 1.29 is 4.42 Å². The monoisotopic (exact) mass is 845 g/mol. The number of hydrogen-bond acceptors (Lipinski definition) is 1. The summed E-state index contributed by atoms with van der Waals surface area (Å²) in [4.78, 5) is 0. The van der Waals surface area contributed by atoms with Crippen LogP contribution in [0.1, 0.15) is 13.8 Å². The Kier molecular flexibility index (Phi) is 8.62. The maximum absolute atomic E-state index is 7.01. The minimum atomic E-state index is 0.864. The summed E-state index contributed by atoms with van der Waals surface area (Å²) >= 11 is 0. The van der Waals surface area contributed by atoms with Crippen molar-refractivity contribution in [2.24, 2.45) is 0 Å². The molecule has 0 unspecified atom stereocenters. The molecule has 10 aromatic carbocycles. The van der Waals surface area contributed by atoms with Gasteiger partial charge in [0, 0.05) is 65.7 Å². The van der Waals surface area contributed by atoms with Crippen molar-refractivity contribution in [3.63, 3.8) is 0 Å². The Bertz CT molecular complexity index is 4130. The van der Waals surface area contributed by atoms with Gasteiger partial charge in [0.1, 0.15) is 11.2 Å². The molecule has 14 aromatic rings. The second-order valence-electron chi connectivity index (χ2n) is 16.9. The average molecular weight is 846 g/mol. The minimum Gasteiger partial charge on any atom is -0.455 e. The standard InChI is InChI=1S/C60H37N3O.C2H6/c1-3-15-41(16-4-1)61-55-25-13-9-21-46(55)49-33-38(27-30-57(49)61)39-29-32-59-51(34-39)52-37-43(63-53-23-11-7-19-44(53)45-20-8-12-24-54(45)63)36-48(60(52)64-59)40-28-31-58-50(35-40)47-22-10-14-26-56(47)62(58)42-17-5-2-6-18-42;1-2/h1-37H;1-2H3. The van der Waals surface area contributed by atoms with Gasteiger partial charge in [-0.25, -0.2) is 0 Å². The third kappa shape index (κ3) is 5.65. The molecule has 4 heteroatoms. The van der Waals surface area contributed by atoms with Crippen molar-refractivity contribution in [3.05, 3.63) is 224 Å². The summed E-state index contributed by atoms with van der Waals surface area (Å²) in [5.41, 5.74) is 16.7. The number of nitrogens with zero attached hydrogens (tertiary/aromatic N) is 3. The fourth-order valence-corrected chi connectivity index (χ4v) is 10.6. The van der Waals surface area contributed by atoms with Crippen LogP contribution in [-0.2, 0) is 0 Å². The van der Waals surface area contributed by atoms with Gasteiger partial charge in [0.05, 0.1) is 33.1 Å². The molecule has 0 radical (unpaired) electrons. The zero-order valence-electron chi connectivity index (χ0n) is 36.6. The van der Waals surface area contributed by atoms with Gasteiger partial charge < -0.3 is 18.1 Å². The number of benzene rings is 10. The summed E-state index contributed by atoms with van der Waals surface area (Å²) in [6, 6.07) is 81.4. The molecule has 312 valence electrons. The molecule has 0 aliphatic heterocycles. The number of furan rings is 1. The van der Waals surface area contributed by atoms with Crippen LogP contribution in [0.5, 0.6) is 0 Å². The first-order valence-electron chi connectivity index (χ1n) is 22.9. The highest BCUT2D eigenvalue weighted by molar-refractivity contribution is 6.16. The lowest BCUT2D eigenvalue weighted by Gasteiger charge is -2.12. The Morgan fingerprint density at radius 3 is 1.17 bits per heavy atom. The van der Waals surface area contributed by atoms with Crippen LogP contribution in [0.15, 0.2) is 229 Å². The smallest absolute Gasteiger partial charge is 0.143 e. The van der Waals surface area contributed by atoms with E-state index in [0.717, 1.165) is 55.7 Å². The molecule has 0 N–H and O–H groups in total. The van der Waals surface area contributed by atoms with Gasteiger partial charge in [0.15, 0.2) is 0 Å². The predicted molar refractivity (Wildman–Crippen MR) is 279 cm³/mol. The van der Waals surface area contributed by atoms with Crippen LogP contribution in [-0.4, -0.2) is 13.7 Å². The molecule has 0 aliphatic rings. The Labute approximate surface area is 381 Å². The summed E-state index contributed by atoms with van der Waals surface area (Å²) in [6.07, 6.45) is 0. The largest absolute Gasteiger partial charge is 0.455 e. The molecule has 0 fully saturated rings. The predicted octanol–water partition coefficient (Wildman–Crippen LogP) is 17.2. The van der Waals surface area contributed by atoms with E-state index in [4.69, 9.17) is 4.42 Å². The lowest BCUT2D eigenvalue weighted by atomic mass is 9.97. The molecular weight excluding hydrogens is 803 g/mol. The summed E-state index contributed by atoms with van der Waals surface area (Å²) in [6.45, 7) is 4.00. The van der Waals surface area contributed by atoms with Crippen LogP contribution in [0.25, 0.3) is 127 Å². The highest BCUT2D eigenvalue weighted by atomic mass is 16.3. The van der Waals surface area contributed by atoms with Gasteiger partial charge in [-0.3, -0.25) is 0 Å². The summed E-state index contributed by atoms with van der Waals surface area (Å²) in [7, 11) is 0. The molecule has 0 aliphatic carbocycles. The zero-order chi connectivity index (χ0) is 43.9. The third-order valence-corrected chi connectivity index (χ3v) is 13.4. The Balaban J connectivity index is 0.00000215. The maximum Gasteiger partial charge on any atom is 0.143 e.